The first-order valence-corrected chi connectivity index (χ1v) is 6.69. The number of methoxy groups -OCH3 is 1. The number of hydrogen-bond donors (Lipinski definition) is 1. The number of piperidine rings is 1. The molecule has 1 atom stereocenters. The molecule has 0 bridgehead atoms. The summed E-state index contributed by atoms with van der Waals surface area (Å²) in [5, 5.41) is 0. The second-order valence-electron chi connectivity index (χ2n) is 4.76. The molecule has 5 nitrogen and oxygen atoms in total. The van der Waals surface area contributed by atoms with Crippen LogP contribution in [0.1, 0.15) is 39.0 Å². The van der Waals surface area contributed by atoms with Gasteiger partial charge in [0.2, 0.25) is 11.8 Å². The van der Waals surface area contributed by atoms with Crippen LogP contribution in [0.2, 0.25) is 0 Å². The summed E-state index contributed by atoms with van der Waals surface area (Å²) in [5.41, 5.74) is 5.73. The molecule has 2 N–H and O–H groups in total. The van der Waals surface area contributed by atoms with Gasteiger partial charge in [-0.3, -0.25) is 0 Å². The van der Waals surface area contributed by atoms with E-state index in [1.165, 1.54) is 32.1 Å². The minimum atomic E-state index is 0.283. The smallest absolute Gasteiger partial charge is 0.225 e. The van der Waals surface area contributed by atoms with Crippen LogP contribution in [0.15, 0.2) is 6.07 Å². The van der Waals surface area contributed by atoms with Gasteiger partial charge in [0.05, 0.1) is 7.11 Å². The van der Waals surface area contributed by atoms with Crippen LogP contribution in [-0.2, 0) is 0 Å². The molecule has 0 aliphatic carbocycles. The van der Waals surface area contributed by atoms with Crippen molar-refractivity contribution in [2.45, 2.75) is 45.1 Å². The fourth-order valence-electron chi connectivity index (χ4n) is 2.62. The average Bonchev–Trinajstić information content (AvgIpc) is 2.39. The van der Waals surface area contributed by atoms with Crippen LogP contribution in [0.5, 0.6) is 5.88 Å². The molecule has 5 heteroatoms. The van der Waals surface area contributed by atoms with E-state index in [0.717, 1.165) is 12.4 Å². The normalized spacial score (nSPS) is 19.9. The first-order valence-electron chi connectivity index (χ1n) is 6.69. The summed E-state index contributed by atoms with van der Waals surface area (Å²) in [6.07, 6.45) is 6.15. The van der Waals surface area contributed by atoms with Crippen LogP contribution in [0.3, 0.4) is 0 Å². The van der Waals surface area contributed by atoms with E-state index in [4.69, 9.17) is 10.5 Å². The van der Waals surface area contributed by atoms with Crippen LogP contribution in [0.4, 0.5) is 11.8 Å². The van der Waals surface area contributed by atoms with E-state index < -0.39 is 0 Å². The zero-order valence-electron chi connectivity index (χ0n) is 11.2. The number of hydrogen-bond acceptors (Lipinski definition) is 5. The van der Waals surface area contributed by atoms with E-state index in [9.17, 15) is 0 Å². The first-order chi connectivity index (χ1) is 8.74. The molecule has 1 unspecified atom stereocenters. The molecule has 0 aromatic carbocycles. The Hall–Kier alpha value is -1.52. The van der Waals surface area contributed by atoms with Crippen LogP contribution in [0, 0.1) is 0 Å². The number of nitrogen functional groups attached to an aromatic ring is 1. The van der Waals surface area contributed by atoms with Gasteiger partial charge < -0.3 is 15.4 Å². The average molecular weight is 250 g/mol. The molecule has 1 fully saturated rings. The van der Waals surface area contributed by atoms with E-state index in [0.29, 0.717) is 11.9 Å². The van der Waals surface area contributed by atoms with Gasteiger partial charge in [-0.25, -0.2) is 0 Å². The molecule has 1 aromatic heterocycles. The predicted molar refractivity (Wildman–Crippen MR) is 72.9 cm³/mol. The highest BCUT2D eigenvalue weighted by atomic mass is 16.5. The SMILES string of the molecule is CCCC1CCCCN1c1cc(OC)nc(N)n1. The summed E-state index contributed by atoms with van der Waals surface area (Å²) in [6.45, 7) is 3.27. The van der Waals surface area contributed by atoms with E-state index >= 15 is 0 Å². The molecule has 100 valence electrons. The molecule has 1 saturated heterocycles. The van der Waals surface area contributed by atoms with Gasteiger partial charge >= 0.3 is 0 Å². The number of aromatic nitrogens is 2. The minimum Gasteiger partial charge on any atom is -0.481 e. The Labute approximate surface area is 108 Å². The molecule has 2 rings (SSSR count). The molecule has 0 spiro atoms. The number of rotatable bonds is 4. The third-order valence-electron chi connectivity index (χ3n) is 3.46. The second kappa shape index (κ2) is 5.89. The molecule has 0 amide bonds. The van der Waals surface area contributed by atoms with Gasteiger partial charge in [0.1, 0.15) is 5.82 Å². The van der Waals surface area contributed by atoms with Gasteiger partial charge in [-0.05, 0) is 25.7 Å². The lowest BCUT2D eigenvalue weighted by molar-refractivity contribution is 0.395. The van der Waals surface area contributed by atoms with Gasteiger partial charge in [-0.15, -0.1) is 0 Å². The fourth-order valence-corrected chi connectivity index (χ4v) is 2.62. The van der Waals surface area contributed by atoms with E-state index in [2.05, 4.69) is 21.8 Å². The number of ether oxygens (including phenoxy) is 1. The largest absolute Gasteiger partial charge is 0.481 e. The fraction of sp³-hybridized carbons (Fsp3) is 0.692. The van der Waals surface area contributed by atoms with Crippen molar-refractivity contribution in [2.24, 2.45) is 0 Å². The molecule has 0 radical (unpaired) electrons. The second-order valence-corrected chi connectivity index (χ2v) is 4.76. The third kappa shape index (κ3) is 2.83. The Morgan fingerprint density at radius 1 is 1.44 bits per heavy atom. The molecule has 1 aliphatic heterocycles. The highest BCUT2D eigenvalue weighted by Crippen LogP contribution is 2.28. The maximum atomic E-state index is 5.73. The maximum Gasteiger partial charge on any atom is 0.225 e. The first kappa shape index (κ1) is 12.9. The van der Waals surface area contributed by atoms with Crippen molar-refractivity contribution >= 4 is 11.8 Å². The van der Waals surface area contributed by atoms with E-state index in [1.54, 1.807) is 7.11 Å². The molecule has 0 saturated carbocycles. The van der Waals surface area contributed by atoms with Crippen LogP contribution >= 0.6 is 0 Å². The summed E-state index contributed by atoms with van der Waals surface area (Å²) < 4.78 is 5.16. The lowest BCUT2D eigenvalue weighted by Gasteiger charge is -2.36. The van der Waals surface area contributed by atoms with Gasteiger partial charge in [-0.1, -0.05) is 13.3 Å². The zero-order chi connectivity index (χ0) is 13.0. The summed E-state index contributed by atoms with van der Waals surface area (Å²) in [4.78, 5) is 10.7. The molecule has 1 aromatic rings. The Balaban J connectivity index is 2.24. The Bertz CT molecular complexity index is 395. The van der Waals surface area contributed by atoms with Crippen LogP contribution in [0.25, 0.3) is 0 Å². The predicted octanol–water partition coefficient (Wildman–Crippen LogP) is 2.23. The summed E-state index contributed by atoms with van der Waals surface area (Å²) in [7, 11) is 1.60. The van der Waals surface area contributed by atoms with Crippen molar-refractivity contribution in [1.82, 2.24) is 9.97 Å². The highest BCUT2D eigenvalue weighted by Gasteiger charge is 2.23. The highest BCUT2D eigenvalue weighted by molar-refractivity contribution is 5.46. The Morgan fingerprint density at radius 3 is 3.00 bits per heavy atom. The van der Waals surface area contributed by atoms with Gasteiger partial charge in [0, 0.05) is 18.7 Å². The lowest BCUT2D eigenvalue weighted by atomic mass is 9.98. The van der Waals surface area contributed by atoms with Gasteiger partial charge in [-0.2, -0.15) is 9.97 Å². The molecular weight excluding hydrogens is 228 g/mol. The Kier molecular flexibility index (Phi) is 4.23. The van der Waals surface area contributed by atoms with Crippen LogP contribution < -0.4 is 15.4 Å². The molecule has 18 heavy (non-hydrogen) atoms. The summed E-state index contributed by atoms with van der Waals surface area (Å²) >= 11 is 0. The van der Waals surface area contributed by atoms with Gasteiger partial charge in [0.25, 0.3) is 0 Å². The summed E-state index contributed by atoms with van der Waals surface area (Å²) in [6, 6.07) is 2.45. The maximum absolute atomic E-state index is 5.73. The monoisotopic (exact) mass is 250 g/mol. The van der Waals surface area contributed by atoms with Crippen LogP contribution in [-0.4, -0.2) is 29.7 Å². The van der Waals surface area contributed by atoms with E-state index in [1.807, 2.05) is 6.07 Å². The minimum absolute atomic E-state index is 0.283. The lowest BCUT2D eigenvalue weighted by Crippen LogP contribution is -2.40. The summed E-state index contributed by atoms with van der Waals surface area (Å²) in [5.74, 6) is 1.72. The van der Waals surface area contributed by atoms with Crippen molar-refractivity contribution in [3.05, 3.63) is 6.07 Å². The number of anilines is 2. The topological polar surface area (TPSA) is 64.3 Å². The molecule has 1 aliphatic rings. The van der Waals surface area contributed by atoms with Crippen molar-refractivity contribution in [3.63, 3.8) is 0 Å². The van der Waals surface area contributed by atoms with E-state index in [-0.39, 0.29) is 5.95 Å². The van der Waals surface area contributed by atoms with Crippen molar-refractivity contribution in [1.29, 1.82) is 0 Å². The molecular formula is C13H22N4O. The number of nitrogens with zero attached hydrogens (tertiary/aromatic N) is 3. The van der Waals surface area contributed by atoms with Gasteiger partial charge in [0.15, 0.2) is 0 Å². The van der Waals surface area contributed by atoms with Crippen molar-refractivity contribution in [2.75, 3.05) is 24.3 Å². The number of nitrogens with two attached hydrogens (primary N) is 1. The Morgan fingerprint density at radius 2 is 2.28 bits per heavy atom. The standard InChI is InChI=1S/C13H22N4O/c1-3-6-10-7-4-5-8-17(10)11-9-12(18-2)16-13(14)15-11/h9-10H,3-8H2,1-2H3,(H2,14,15,16). The van der Waals surface area contributed by atoms with Crippen molar-refractivity contribution < 1.29 is 4.74 Å². The molecule has 2 heterocycles. The quantitative estimate of drug-likeness (QED) is 0.887. The zero-order valence-corrected chi connectivity index (χ0v) is 11.2. The van der Waals surface area contributed by atoms with Crippen molar-refractivity contribution in [3.8, 4) is 5.88 Å². The third-order valence-corrected chi connectivity index (χ3v) is 3.46.